The first-order valence-electron chi connectivity index (χ1n) is 11.1. The lowest BCUT2D eigenvalue weighted by Gasteiger charge is -2.28. The van der Waals surface area contributed by atoms with Gasteiger partial charge in [-0.05, 0) is 30.9 Å². The summed E-state index contributed by atoms with van der Waals surface area (Å²) in [4.78, 5) is 17.4. The molecule has 1 aliphatic rings. The normalized spacial score (nSPS) is 18.5. The number of aromatic nitrogens is 1. The van der Waals surface area contributed by atoms with Crippen LogP contribution >= 0.6 is 0 Å². The molecule has 0 saturated heterocycles. The number of rotatable bonds is 10. The van der Waals surface area contributed by atoms with Crippen LogP contribution in [0.3, 0.4) is 0 Å². The van der Waals surface area contributed by atoms with E-state index in [0.29, 0.717) is 29.9 Å². The summed E-state index contributed by atoms with van der Waals surface area (Å²) in [5, 5.41) is 16.6. The minimum absolute atomic E-state index is 0.147. The molecule has 1 heterocycles. The molecule has 1 amide bonds. The van der Waals surface area contributed by atoms with E-state index in [1.54, 1.807) is 12.1 Å². The third-order valence-corrected chi connectivity index (χ3v) is 6.33. The molecule has 1 saturated carbocycles. The average molecular weight is 465 g/mol. The summed E-state index contributed by atoms with van der Waals surface area (Å²) in [5.41, 5.74) is 1.20. The van der Waals surface area contributed by atoms with Crippen LogP contribution in [0.5, 0.6) is 0 Å². The summed E-state index contributed by atoms with van der Waals surface area (Å²) >= 11 is 0. The number of aliphatic hydroxyl groups is 1. The predicted molar refractivity (Wildman–Crippen MR) is 123 cm³/mol. The molecule has 1 aromatic heterocycles. The maximum absolute atomic E-state index is 13.1. The van der Waals surface area contributed by atoms with Gasteiger partial charge in [0.1, 0.15) is 17.9 Å². The van der Waals surface area contributed by atoms with Crippen LogP contribution in [0.4, 0.5) is 0 Å². The molecular weight excluding hydrogens is 432 g/mol. The van der Waals surface area contributed by atoms with Gasteiger partial charge >= 0.3 is 0 Å². The zero-order chi connectivity index (χ0) is 23.1. The molecule has 176 valence electrons. The molecule has 10 heteroatoms. The molecule has 32 heavy (non-hydrogen) atoms. The van der Waals surface area contributed by atoms with Crippen molar-refractivity contribution in [2.45, 2.75) is 70.1 Å². The first kappa shape index (κ1) is 24.2. The number of sulfonamides is 1. The quantitative estimate of drug-likeness (QED) is 0.363. The molecule has 0 radical (unpaired) electrons. The van der Waals surface area contributed by atoms with Gasteiger partial charge in [0, 0.05) is 0 Å². The van der Waals surface area contributed by atoms with Crippen LogP contribution < -0.4 is 10.6 Å². The second kappa shape index (κ2) is 10.9. The largest absolute Gasteiger partial charge is 0.438 e. The zero-order valence-electron chi connectivity index (χ0n) is 18.5. The molecule has 1 aliphatic carbocycles. The van der Waals surface area contributed by atoms with Crippen LogP contribution in [0, 0.1) is 5.92 Å². The topological polar surface area (TPSA) is 134 Å². The first-order chi connectivity index (χ1) is 15.3. The van der Waals surface area contributed by atoms with Crippen molar-refractivity contribution in [1.29, 1.82) is 0 Å². The standard InChI is InChI=1S/C22H32N4O5S/c1-3-16(20(27)22-26-17-11-7-8-12-19(17)31-22)25-21(28)18(23-14-24-32(2,29)30)13-15-9-5-4-6-10-15/h7-8,11-12,14-16,18,20,27H,3-6,9-10,13H2,1-2H3,(H,23,24)(H,25,28)/t16-,18?,20?/m0/s1. The number of aliphatic hydroxyl groups excluding tert-OH is 1. The Morgan fingerprint density at radius 3 is 2.69 bits per heavy atom. The van der Waals surface area contributed by atoms with Crippen molar-refractivity contribution in [1.82, 2.24) is 15.6 Å². The number of nitrogens with one attached hydrogen (secondary N) is 2. The maximum atomic E-state index is 13.1. The molecule has 2 aromatic rings. The minimum atomic E-state index is -3.55. The van der Waals surface area contributed by atoms with Crippen molar-refractivity contribution in [2.24, 2.45) is 10.3 Å². The number of hydrogen-bond acceptors (Lipinski definition) is 6. The van der Waals surface area contributed by atoms with E-state index in [0.717, 1.165) is 38.3 Å². The Balaban J connectivity index is 1.71. The fraction of sp³-hybridized carbons (Fsp3) is 0.591. The summed E-state index contributed by atoms with van der Waals surface area (Å²) in [6, 6.07) is 5.94. The minimum Gasteiger partial charge on any atom is -0.438 e. The van der Waals surface area contributed by atoms with Gasteiger partial charge in [-0.1, -0.05) is 51.2 Å². The molecule has 9 nitrogen and oxygen atoms in total. The van der Waals surface area contributed by atoms with Gasteiger partial charge in [-0.3, -0.25) is 4.79 Å². The maximum Gasteiger partial charge on any atom is 0.251 e. The Bertz CT molecular complexity index is 997. The van der Waals surface area contributed by atoms with E-state index in [1.165, 1.54) is 6.42 Å². The molecule has 3 N–H and O–H groups in total. The molecule has 1 aromatic carbocycles. The number of amides is 1. The van der Waals surface area contributed by atoms with Gasteiger partial charge in [-0.2, -0.15) is 4.40 Å². The Morgan fingerprint density at radius 2 is 2.03 bits per heavy atom. The van der Waals surface area contributed by atoms with Crippen molar-refractivity contribution >= 4 is 33.4 Å². The van der Waals surface area contributed by atoms with E-state index in [4.69, 9.17) is 4.42 Å². The Labute approximate surface area is 188 Å². The Hall–Kier alpha value is -2.46. The highest BCUT2D eigenvalue weighted by molar-refractivity contribution is 7.89. The molecule has 0 aliphatic heterocycles. The highest BCUT2D eigenvalue weighted by Crippen LogP contribution is 2.28. The summed E-state index contributed by atoms with van der Waals surface area (Å²) < 4.78 is 31.8. The molecule has 3 atom stereocenters. The monoisotopic (exact) mass is 464 g/mol. The van der Waals surface area contributed by atoms with Gasteiger partial charge in [0.05, 0.1) is 12.3 Å². The second-order valence-electron chi connectivity index (χ2n) is 8.41. The Morgan fingerprint density at radius 1 is 1.31 bits per heavy atom. The van der Waals surface area contributed by atoms with Crippen LogP contribution in [-0.2, 0) is 14.8 Å². The molecule has 1 fully saturated rings. The van der Waals surface area contributed by atoms with E-state index in [-0.39, 0.29) is 11.8 Å². The number of carbonyl (C=O) groups is 1. The van der Waals surface area contributed by atoms with Crippen LogP contribution in [0.25, 0.3) is 11.1 Å². The predicted octanol–water partition coefficient (Wildman–Crippen LogP) is 2.67. The second-order valence-corrected chi connectivity index (χ2v) is 10.1. The fourth-order valence-electron chi connectivity index (χ4n) is 4.10. The van der Waals surface area contributed by atoms with Crippen molar-refractivity contribution in [3.05, 3.63) is 30.2 Å². The Kier molecular flexibility index (Phi) is 8.25. The third kappa shape index (κ3) is 6.77. The average Bonchev–Trinajstić information content (AvgIpc) is 3.20. The van der Waals surface area contributed by atoms with Gasteiger partial charge in [-0.25, -0.2) is 13.4 Å². The first-order valence-corrected chi connectivity index (χ1v) is 13.0. The van der Waals surface area contributed by atoms with E-state index in [1.807, 2.05) is 19.1 Å². The molecular formula is C22H32N4O5S. The highest BCUT2D eigenvalue weighted by Gasteiger charge is 2.30. The highest BCUT2D eigenvalue weighted by atomic mass is 32.2. The number of hydrogen-bond donors (Lipinski definition) is 3. The molecule has 3 rings (SSSR count). The lowest BCUT2D eigenvalue weighted by Crippen LogP contribution is -2.50. The van der Waals surface area contributed by atoms with Crippen molar-refractivity contribution < 1.29 is 22.7 Å². The van der Waals surface area contributed by atoms with Gasteiger partial charge in [0.2, 0.25) is 11.8 Å². The van der Waals surface area contributed by atoms with E-state index >= 15 is 0 Å². The number of carbonyl (C=O) groups excluding carboxylic acids is 1. The van der Waals surface area contributed by atoms with Crippen LogP contribution in [0.1, 0.15) is 63.9 Å². The van der Waals surface area contributed by atoms with Gasteiger partial charge < -0.3 is 20.2 Å². The SMILES string of the molecule is CC[C@H](NC(=O)C(CC1CCCCC1)NC=NS(C)(=O)=O)C(O)c1nc2ccccc2o1. The van der Waals surface area contributed by atoms with Crippen molar-refractivity contribution in [2.75, 3.05) is 6.26 Å². The van der Waals surface area contributed by atoms with Crippen LogP contribution in [0.15, 0.2) is 33.1 Å². The lowest BCUT2D eigenvalue weighted by atomic mass is 9.84. The molecule has 0 bridgehead atoms. The number of fused-ring (bicyclic) bond motifs is 1. The van der Waals surface area contributed by atoms with Gasteiger partial charge in [0.25, 0.3) is 10.0 Å². The molecule has 0 spiro atoms. The van der Waals surface area contributed by atoms with Crippen LogP contribution in [-0.4, -0.2) is 49.1 Å². The van der Waals surface area contributed by atoms with E-state index < -0.39 is 28.2 Å². The number of benzene rings is 1. The van der Waals surface area contributed by atoms with Gasteiger partial charge in [0.15, 0.2) is 11.7 Å². The van der Waals surface area contributed by atoms with E-state index in [9.17, 15) is 18.3 Å². The van der Waals surface area contributed by atoms with Crippen LogP contribution in [0.2, 0.25) is 0 Å². The smallest absolute Gasteiger partial charge is 0.251 e. The summed E-state index contributed by atoms with van der Waals surface area (Å²) in [6.45, 7) is 1.85. The molecule has 2 unspecified atom stereocenters. The zero-order valence-corrected chi connectivity index (χ0v) is 19.3. The summed E-state index contributed by atoms with van der Waals surface area (Å²) in [7, 11) is -3.55. The summed E-state index contributed by atoms with van der Waals surface area (Å²) in [6.07, 6.45) is 7.51. The van der Waals surface area contributed by atoms with Crippen molar-refractivity contribution in [3.8, 4) is 0 Å². The van der Waals surface area contributed by atoms with Gasteiger partial charge in [-0.15, -0.1) is 0 Å². The number of oxazole rings is 1. The number of nitrogens with zero attached hydrogens (tertiary/aromatic N) is 2. The number of para-hydroxylation sites is 2. The van der Waals surface area contributed by atoms with E-state index in [2.05, 4.69) is 20.0 Å². The summed E-state index contributed by atoms with van der Waals surface area (Å²) in [5.74, 6) is 0.201. The van der Waals surface area contributed by atoms with Crippen molar-refractivity contribution in [3.63, 3.8) is 0 Å². The fourth-order valence-corrected chi connectivity index (χ4v) is 4.35. The third-order valence-electron chi connectivity index (χ3n) is 5.84. The lowest BCUT2D eigenvalue weighted by molar-refractivity contribution is -0.125.